The maximum Gasteiger partial charge on any atom is 0.253 e. The van der Waals surface area contributed by atoms with Gasteiger partial charge in [0.1, 0.15) is 0 Å². The number of nitrogens with zero attached hydrogens (tertiary/aromatic N) is 4. The van der Waals surface area contributed by atoms with Crippen molar-refractivity contribution < 1.29 is 9.59 Å². The predicted molar refractivity (Wildman–Crippen MR) is 118 cm³/mol. The van der Waals surface area contributed by atoms with Crippen LogP contribution in [0.1, 0.15) is 42.1 Å². The van der Waals surface area contributed by atoms with E-state index in [2.05, 4.69) is 30.4 Å². The van der Waals surface area contributed by atoms with Crippen molar-refractivity contribution in [2.24, 2.45) is 5.92 Å². The predicted octanol–water partition coefficient (Wildman–Crippen LogP) is 2.04. The minimum absolute atomic E-state index is 0.0610. The molecule has 0 radical (unpaired) electrons. The van der Waals surface area contributed by atoms with Crippen LogP contribution >= 0.6 is 0 Å². The molecule has 31 heavy (non-hydrogen) atoms. The Labute approximate surface area is 182 Å². The summed E-state index contributed by atoms with van der Waals surface area (Å²) in [5.74, 6) is 0.245. The van der Waals surface area contributed by atoms with Gasteiger partial charge in [-0.3, -0.25) is 14.5 Å². The number of hydrogen-bond donors (Lipinski definition) is 2. The third-order valence-corrected chi connectivity index (χ3v) is 6.64. The van der Waals surface area contributed by atoms with Crippen molar-refractivity contribution in [1.82, 2.24) is 20.2 Å². The first-order chi connectivity index (χ1) is 15.0. The summed E-state index contributed by atoms with van der Waals surface area (Å²) in [5, 5.41) is 6.09. The van der Waals surface area contributed by atoms with E-state index in [1.54, 1.807) is 18.2 Å². The Morgan fingerprint density at radius 2 is 1.84 bits per heavy atom. The Morgan fingerprint density at radius 3 is 2.61 bits per heavy atom. The SMILES string of the molecule is C[C@]12CN(Cc3cnc(N4CCCCC4)nc3)C[C@H]1C(=O)Nc1ccccc1C(=O)N2. The molecule has 8 heteroatoms. The molecule has 1 aromatic heterocycles. The van der Waals surface area contributed by atoms with Gasteiger partial charge < -0.3 is 15.5 Å². The number of fused-ring (bicyclic) bond motifs is 2. The number of amides is 2. The molecule has 2 amide bonds. The van der Waals surface area contributed by atoms with E-state index in [1.807, 2.05) is 25.4 Å². The molecule has 2 saturated heterocycles. The first kappa shape index (κ1) is 19.9. The maximum atomic E-state index is 13.0. The van der Waals surface area contributed by atoms with E-state index in [0.29, 0.717) is 30.9 Å². The van der Waals surface area contributed by atoms with Gasteiger partial charge >= 0.3 is 0 Å². The molecule has 0 aliphatic carbocycles. The highest BCUT2D eigenvalue weighted by molar-refractivity contribution is 6.06. The molecule has 1 aromatic carbocycles. The van der Waals surface area contributed by atoms with Crippen molar-refractivity contribution in [3.63, 3.8) is 0 Å². The van der Waals surface area contributed by atoms with Crippen molar-refractivity contribution in [3.8, 4) is 0 Å². The highest BCUT2D eigenvalue weighted by atomic mass is 16.2. The molecule has 8 nitrogen and oxygen atoms in total. The molecule has 2 aromatic rings. The number of nitrogens with one attached hydrogen (secondary N) is 2. The summed E-state index contributed by atoms with van der Waals surface area (Å²) >= 11 is 0. The number of benzene rings is 1. The van der Waals surface area contributed by atoms with Crippen LogP contribution in [0.3, 0.4) is 0 Å². The van der Waals surface area contributed by atoms with Crippen LogP contribution in [0, 0.1) is 5.92 Å². The third-order valence-electron chi connectivity index (χ3n) is 6.64. The molecule has 2 N–H and O–H groups in total. The van der Waals surface area contributed by atoms with Crippen LogP contribution < -0.4 is 15.5 Å². The quantitative estimate of drug-likeness (QED) is 0.790. The first-order valence-corrected chi connectivity index (χ1v) is 11.0. The summed E-state index contributed by atoms with van der Waals surface area (Å²) in [5.41, 5.74) is 1.43. The van der Waals surface area contributed by atoms with Gasteiger partial charge in [0.25, 0.3) is 5.91 Å². The number of carbonyl (C=O) groups excluding carboxylic acids is 2. The third kappa shape index (κ3) is 3.87. The number of carbonyl (C=O) groups is 2. The Morgan fingerprint density at radius 1 is 1.10 bits per heavy atom. The van der Waals surface area contributed by atoms with E-state index >= 15 is 0 Å². The van der Waals surface area contributed by atoms with Crippen molar-refractivity contribution in [3.05, 3.63) is 47.8 Å². The van der Waals surface area contributed by atoms with E-state index in [9.17, 15) is 9.59 Å². The second-order valence-electron chi connectivity index (χ2n) is 9.07. The van der Waals surface area contributed by atoms with Gasteiger partial charge in [-0.15, -0.1) is 0 Å². The molecule has 162 valence electrons. The number of para-hydroxylation sites is 1. The topological polar surface area (TPSA) is 90.5 Å². The number of likely N-dealkylation sites (tertiary alicyclic amines) is 1. The number of piperidine rings is 1. The Bertz CT molecular complexity index is 988. The Hall–Kier alpha value is -3.00. The Kier molecular flexibility index (Phi) is 5.09. The molecule has 5 rings (SSSR count). The molecular weight excluding hydrogens is 392 g/mol. The van der Waals surface area contributed by atoms with Crippen LogP contribution in [0.2, 0.25) is 0 Å². The fraction of sp³-hybridized carbons (Fsp3) is 0.478. The molecular formula is C23H28N6O2. The van der Waals surface area contributed by atoms with Crippen molar-refractivity contribution in [2.75, 3.05) is 36.4 Å². The van der Waals surface area contributed by atoms with E-state index in [0.717, 1.165) is 24.6 Å². The smallest absolute Gasteiger partial charge is 0.253 e. The number of aromatic nitrogens is 2. The lowest BCUT2D eigenvalue weighted by Crippen LogP contribution is -2.56. The zero-order valence-corrected chi connectivity index (χ0v) is 17.8. The average Bonchev–Trinajstić information content (AvgIpc) is 3.09. The van der Waals surface area contributed by atoms with E-state index < -0.39 is 5.54 Å². The summed E-state index contributed by atoms with van der Waals surface area (Å²) < 4.78 is 0. The van der Waals surface area contributed by atoms with Crippen molar-refractivity contribution >= 4 is 23.5 Å². The lowest BCUT2D eigenvalue weighted by atomic mass is 9.86. The molecule has 0 unspecified atom stereocenters. The minimum Gasteiger partial charge on any atom is -0.345 e. The fourth-order valence-corrected chi connectivity index (χ4v) is 5.00. The van der Waals surface area contributed by atoms with E-state index in [-0.39, 0.29) is 17.7 Å². The molecule has 3 aliphatic rings. The van der Waals surface area contributed by atoms with Crippen LogP contribution in [0.4, 0.5) is 11.6 Å². The van der Waals surface area contributed by atoms with Gasteiger partial charge in [-0.05, 0) is 38.3 Å². The summed E-state index contributed by atoms with van der Waals surface area (Å²) in [4.78, 5) is 39.5. The summed E-state index contributed by atoms with van der Waals surface area (Å²) in [6, 6.07) is 7.13. The number of hydrogen-bond acceptors (Lipinski definition) is 6. The number of rotatable bonds is 3. The zero-order chi connectivity index (χ0) is 21.4. The normalized spacial score (nSPS) is 26.4. The van der Waals surface area contributed by atoms with E-state index in [1.165, 1.54) is 19.3 Å². The Balaban J connectivity index is 1.30. The summed E-state index contributed by atoms with van der Waals surface area (Å²) in [7, 11) is 0. The van der Waals surface area contributed by atoms with Crippen LogP contribution in [-0.4, -0.2) is 58.4 Å². The second-order valence-corrected chi connectivity index (χ2v) is 9.07. The molecule has 0 bridgehead atoms. The van der Waals surface area contributed by atoms with Crippen LogP contribution in [0.15, 0.2) is 36.7 Å². The average molecular weight is 421 g/mol. The van der Waals surface area contributed by atoms with Gasteiger partial charge in [0.05, 0.1) is 22.7 Å². The zero-order valence-electron chi connectivity index (χ0n) is 17.8. The van der Waals surface area contributed by atoms with Gasteiger partial charge in [-0.25, -0.2) is 9.97 Å². The highest BCUT2D eigenvalue weighted by Crippen LogP contribution is 2.33. The van der Waals surface area contributed by atoms with Gasteiger partial charge in [-0.1, -0.05) is 12.1 Å². The molecule has 3 aliphatic heterocycles. The van der Waals surface area contributed by atoms with Gasteiger partial charge in [-0.2, -0.15) is 0 Å². The minimum atomic E-state index is -0.636. The number of anilines is 2. The van der Waals surface area contributed by atoms with E-state index in [4.69, 9.17) is 0 Å². The lowest BCUT2D eigenvalue weighted by molar-refractivity contribution is -0.121. The van der Waals surface area contributed by atoms with Crippen LogP contribution in [0.25, 0.3) is 0 Å². The fourth-order valence-electron chi connectivity index (χ4n) is 5.00. The molecule has 2 fully saturated rings. The highest BCUT2D eigenvalue weighted by Gasteiger charge is 2.49. The van der Waals surface area contributed by atoms with Crippen molar-refractivity contribution in [2.45, 2.75) is 38.3 Å². The lowest BCUT2D eigenvalue weighted by Gasteiger charge is -2.33. The summed E-state index contributed by atoms with van der Waals surface area (Å²) in [6.45, 7) is 5.79. The largest absolute Gasteiger partial charge is 0.345 e. The molecule has 4 heterocycles. The van der Waals surface area contributed by atoms with Crippen LogP contribution in [0.5, 0.6) is 0 Å². The van der Waals surface area contributed by atoms with Gasteiger partial charge in [0, 0.05) is 50.7 Å². The molecule has 0 spiro atoms. The van der Waals surface area contributed by atoms with Crippen LogP contribution in [-0.2, 0) is 11.3 Å². The maximum absolute atomic E-state index is 13.0. The molecule has 2 atom stereocenters. The van der Waals surface area contributed by atoms with Gasteiger partial charge in [0.15, 0.2) is 0 Å². The standard InChI is InChI=1S/C23H28N6O2/c1-23-15-28(13-16-11-24-22(25-12-16)29-9-5-2-6-10-29)14-18(23)21(31)26-19-8-4-3-7-17(19)20(30)27-23/h3-4,7-8,11-12,18H,2,5-6,9-10,13-15H2,1H3,(H,26,31)(H,27,30)/t18-,23-/m0/s1. The summed E-state index contributed by atoms with van der Waals surface area (Å²) in [6.07, 6.45) is 7.42. The molecule has 0 saturated carbocycles. The van der Waals surface area contributed by atoms with Crippen molar-refractivity contribution in [1.29, 1.82) is 0 Å². The second kappa shape index (κ2) is 7.92. The van der Waals surface area contributed by atoms with Gasteiger partial charge in [0.2, 0.25) is 11.9 Å². The monoisotopic (exact) mass is 420 g/mol. The first-order valence-electron chi connectivity index (χ1n) is 11.0.